The molecule has 1 aromatic heterocycles. The highest BCUT2D eigenvalue weighted by atomic mass is 35.5. The summed E-state index contributed by atoms with van der Waals surface area (Å²) in [5.74, 6) is -1.06. The van der Waals surface area contributed by atoms with Crippen molar-refractivity contribution in [2.24, 2.45) is 10.9 Å². The van der Waals surface area contributed by atoms with Gasteiger partial charge in [0.2, 0.25) is 5.91 Å². The summed E-state index contributed by atoms with van der Waals surface area (Å²) in [7, 11) is -2.94. The predicted molar refractivity (Wildman–Crippen MR) is 142 cm³/mol. The fourth-order valence-electron chi connectivity index (χ4n) is 4.40. The van der Waals surface area contributed by atoms with Gasteiger partial charge in [0.05, 0.1) is 27.2 Å². The second kappa shape index (κ2) is 9.19. The van der Waals surface area contributed by atoms with Gasteiger partial charge < -0.3 is 0 Å². The van der Waals surface area contributed by atoms with Crippen LogP contribution in [0.2, 0.25) is 15.1 Å². The number of benzene rings is 3. The van der Waals surface area contributed by atoms with Crippen LogP contribution in [0.4, 0.5) is 5.82 Å². The molecule has 1 amide bonds. The molecule has 0 bridgehead atoms. The molecule has 2 atom stereocenters. The van der Waals surface area contributed by atoms with Crippen LogP contribution >= 0.6 is 34.8 Å². The van der Waals surface area contributed by atoms with E-state index in [0.717, 1.165) is 9.69 Å². The molecule has 184 valence electrons. The molecule has 0 aliphatic carbocycles. The Bertz CT molecular complexity index is 1670. The third-order valence-electron chi connectivity index (χ3n) is 6.26. The zero-order valence-corrected chi connectivity index (χ0v) is 22.1. The van der Waals surface area contributed by atoms with Crippen LogP contribution in [0.1, 0.15) is 18.5 Å². The Balaban J connectivity index is 1.57. The molecule has 0 spiro atoms. The number of carbonyl (C=O) groups excluding carboxylic acids is 1. The molecule has 36 heavy (non-hydrogen) atoms. The van der Waals surface area contributed by atoms with Crippen molar-refractivity contribution < 1.29 is 13.2 Å². The van der Waals surface area contributed by atoms with Crippen LogP contribution in [0.25, 0.3) is 10.8 Å². The van der Waals surface area contributed by atoms with Gasteiger partial charge >= 0.3 is 0 Å². The first kappa shape index (κ1) is 24.8. The average Bonchev–Trinajstić information content (AvgIpc) is 3.31. The molecule has 0 saturated heterocycles. The zero-order chi connectivity index (χ0) is 25.8. The molecular formula is C25H19Cl3N4O3S. The highest BCUT2D eigenvalue weighted by molar-refractivity contribution is 7.89. The van der Waals surface area contributed by atoms with Crippen LogP contribution in [-0.4, -0.2) is 41.2 Å². The van der Waals surface area contributed by atoms with E-state index >= 15 is 0 Å². The van der Waals surface area contributed by atoms with E-state index in [0.29, 0.717) is 37.5 Å². The van der Waals surface area contributed by atoms with Gasteiger partial charge in [0.15, 0.2) is 5.82 Å². The van der Waals surface area contributed by atoms with Gasteiger partial charge in [-0.25, -0.2) is 22.4 Å². The second-order valence-electron chi connectivity index (χ2n) is 8.45. The van der Waals surface area contributed by atoms with Gasteiger partial charge in [-0.1, -0.05) is 53.0 Å². The molecule has 0 radical (unpaired) electrons. The van der Waals surface area contributed by atoms with Gasteiger partial charge in [-0.2, -0.15) is 5.10 Å². The molecule has 7 nitrogen and oxygen atoms in total. The summed E-state index contributed by atoms with van der Waals surface area (Å²) in [6.07, 6.45) is 1.57. The molecule has 0 saturated carbocycles. The number of sulfonamides is 1. The summed E-state index contributed by atoms with van der Waals surface area (Å²) in [6, 6.07) is 15.9. The first-order valence-corrected chi connectivity index (χ1v) is 13.4. The smallest absolute Gasteiger partial charge is 0.266 e. The van der Waals surface area contributed by atoms with Crippen LogP contribution in [0, 0.1) is 5.92 Å². The molecule has 1 aliphatic heterocycles. The Labute approximate surface area is 223 Å². The summed E-state index contributed by atoms with van der Waals surface area (Å²) in [5, 5.41) is 6.99. The second-order valence-corrected chi connectivity index (χ2v) is 11.7. The number of aromatic nitrogens is 2. The lowest BCUT2D eigenvalue weighted by atomic mass is 9.87. The Morgan fingerprint density at radius 1 is 0.944 bits per heavy atom. The number of fused-ring (bicyclic) bond motifs is 2. The topological polar surface area (TPSA) is 84.6 Å². The Morgan fingerprint density at radius 2 is 1.69 bits per heavy atom. The largest absolute Gasteiger partial charge is 0.273 e. The van der Waals surface area contributed by atoms with Crippen molar-refractivity contribution >= 4 is 73.0 Å². The molecular weight excluding hydrogens is 543 g/mol. The fourth-order valence-corrected chi connectivity index (χ4v) is 6.07. The van der Waals surface area contributed by atoms with Crippen LogP contribution in [-0.2, 0) is 14.8 Å². The van der Waals surface area contributed by atoms with E-state index in [-0.39, 0.29) is 4.90 Å². The molecule has 1 aliphatic rings. The first-order valence-electron chi connectivity index (χ1n) is 10.8. The number of halogens is 3. The molecule has 11 heteroatoms. The predicted octanol–water partition coefficient (Wildman–Crippen LogP) is 6.16. The van der Waals surface area contributed by atoms with Crippen LogP contribution in [0.3, 0.4) is 0 Å². The van der Waals surface area contributed by atoms with Crippen molar-refractivity contribution in [3.8, 4) is 0 Å². The Hall–Kier alpha value is -2.91. The minimum Gasteiger partial charge on any atom is -0.273 e. The van der Waals surface area contributed by atoms with Crippen LogP contribution in [0.5, 0.6) is 0 Å². The van der Waals surface area contributed by atoms with Crippen molar-refractivity contribution in [2.45, 2.75) is 17.9 Å². The molecule has 2 heterocycles. The van der Waals surface area contributed by atoms with Crippen molar-refractivity contribution in [3.63, 3.8) is 0 Å². The highest BCUT2D eigenvalue weighted by Gasteiger charge is 2.42. The summed E-state index contributed by atoms with van der Waals surface area (Å²) < 4.78 is 29.5. The first-order chi connectivity index (χ1) is 17.1. The van der Waals surface area contributed by atoms with Gasteiger partial charge in [0.25, 0.3) is 10.0 Å². The SMILES string of the molecule is CC1=Nc2ccnn2C(c2ccc(Cl)c(Cl)c2)C1C(=O)N(C)S(=O)(=O)c1ccc2ccc(Cl)cc2c1. The molecule has 2 unspecified atom stereocenters. The normalized spacial score (nSPS) is 17.5. The van der Waals surface area contributed by atoms with Crippen molar-refractivity contribution in [1.29, 1.82) is 0 Å². The molecule has 3 aromatic carbocycles. The minimum atomic E-state index is -4.19. The van der Waals surface area contributed by atoms with Gasteiger partial charge in [-0.05, 0) is 59.7 Å². The van der Waals surface area contributed by atoms with E-state index < -0.39 is 27.9 Å². The number of hydrogen-bond donors (Lipinski definition) is 0. The fraction of sp³-hybridized carbons (Fsp3) is 0.160. The van der Waals surface area contributed by atoms with Gasteiger partial charge in [0, 0.05) is 23.8 Å². The number of nitrogens with zero attached hydrogens (tertiary/aromatic N) is 4. The zero-order valence-electron chi connectivity index (χ0n) is 19.1. The van der Waals surface area contributed by atoms with E-state index in [4.69, 9.17) is 34.8 Å². The van der Waals surface area contributed by atoms with E-state index in [1.54, 1.807) is 66.3 Å². The summed E-state index contributed by atoms with van der Waals surface area (Å²) in [5.41, 5.74) is 1.10. The molecule has 4 aromatic rings. The monoisotopic (exact) mass is 560 g/mol. The van der Waals surface area contributed by atoms with Crippen LogP contribution < -0.4 is 0 Å². The van der Waals surface area contributed by atoms with Crippen molar-refractivity contribution in [2.75, 3.05) is 7.05 Å². The Kier molecular flexibility index (Phi) is 6.32. The third-order valence-corrected chi connectivity index (χ3v) is 8.99. The lowest BCUT2D eigenvalue weighted by Gasteiger charge is -2.33. The molecule has 5 rings (SSSR count). The van der Waals surface area contributed by atoms with E-state index in [1.807, 2.05) is 0 Å². The quantitative estimate of drug-likeness (QED) is 0.299. The van der Waals surface area contributed by atoms with E-state index in [9.17, 15) is 13.2 Å². The van der Waals surface area contributed by atoms with E-state index in [1.165, 1.54) is 19.2 Å². The Morgan fingerprint density at radius 3 is 2.44 bits per heavy atom. The average molecular weight is 562 g/mol. The summed E-state index contributed by atoms with van der Waals surface area (Å²) >= 11 is 18.5. The van der Waals surface area contributed by atoms with E-state index in [2.05, 4.69) is 10.1 Å². The number of aliphatic imine (C=N–C) groups is 1. The van der Waals surface area contributed by atoms with Gasteiger partial charge in [0.1, 0.15) is 5.92 Å². The maximum absolute atomic E-state index is 13.9. The number of hydrogen-bond acceptors (Lipinski definition) is 5. The van der Waals surface area contributed by atoms with Gasteiger partial charge in [-0.3, -0.25) is 4.79 Å². The number of carbonyl (C=O) groups is 1. The number of amides is 1. The maximum Gasteiger partial charge on any atom is 0.266 e. The molecule has 0 fully saturated rings. The standard InChI is InChI=1S/C25H19Cl3N4O3S/c1-14-23(24(32-22(30-14)9-10-29-32)16-5-8-20(27)21(28)13-16)25(33)31(2)36(34,35)19-7-4-15-3-6-18(26)11-17(15)12-19/h3-13,23-24H,1-2H3. The molecule has 0 N–H and O–H groups in total. The van der Waals surface area contributed by atoms with Crippen molar-refractivity contribution in [3.05, 3.63) is 87.5 Å². The van der Waals surface area contributed by atoms with Gasteiger partial charge in [-0.15, -0.1) is 0 Å². The number of rotatable bonds is 4. The minimum absolute atomic E-state index is 0.0237. The lowest BCUT2D eigenvalue weighted by molar-refractivity contribution is -0.128. The third kappa shape index (κ3) is 4.18. The van der Waals surface area contributed by atoms with Crippen LogP contribution in [0.15, 0.2) is 76.7 Å². The summed E-state index contributed by atoms with van der Waals surface area (Å²) in [6.45, 7) is 1.70. The highest BCUT2D eigenvalue weighted by Crippen LogP contribution is 2.39. The van der Waals surface area contributed by atoms with Crippen molar-refractivity contribution in [1.82, 2.24) is 14.1 Å². The maximum atomic E-state index is 13.9. The lowest BCUT2D eigenvalue weighted by Crippen LogP contribution is -2.45. The summed E-state index contributed by atoms with van der Waals surface area (Å²) in [4.78, 5) is 18.3.